The van der Waals surface area contributed by atoms with Crippen molar-refractivity contribution in [2.24, 2.45) is 5.41 Å². The van der Waals surface area contributed by atoms with Crippen LogP contribution in [0.4, 0.5) is 0 Å². The van der Waals surface area contributed by atoms with Gasteiger partial charge in [0, 0.05) is 11.9 Å². The third-order valence-electron chi connectivity index (χ3n) is 2.52. The molecule has 1 heterocycles. The molecule has 0 radical (unpaired) electrons. The van der Waals surface area contributed by atoms with Gasteiger partial charge in [-0.05, 0) is 36.1 Å². The summed E-state index contributed by atoms with van der Waals surface area (Å²) in [7, 11) is 0. The Hall–Kier alpha value is 0.140. The largest absolute Gasteiger partial charge is 0.248 e. The molecule has 2 rings (SSSR count). The molecule has 1 aromatic heterocycles. The van der Waals surface area contributed by atoms with Crippen molar-refractivity contribution in [3.63, 3.8) is 0 Å². The molecule has 0 spiro atoms. The molecule has 1 saturated carbocycles. The smallest absolute Gasteiger partial charge is 0.0961 e. The number of halogens is 1. The summed E-state index contributed by atoms with van der Waals surface area (Å²) in [5, 5.41) is 1.76. The molecular formula is C10H12ClNS2. The van der Waals surface area contributed by atoms with Gasteiger partial charge in [0.1, 0.15) is 0 Å². The van der Waals surface area contributed by atoms with Crippen LogP contribution in [0.15, 0.2) is 23.4 Å². The van der Waals surface area contributed by atoms with Crippen molar-refractivity contribution in [2.45, 2.75) is 17.9 Å². The van der Waals surface area contributed by atoms with E-state index in [2.05, 4.69) is 17.6 Å². The SMILES string of the molecule is SCC1(CSc2ccc(Cl)cn2)CC1. The highest BCUT2D eigenvalue weighted by molar-refractivity contribution is 7.99. The lowest BCUT2D eigenvalue weighted by Crippen LogP contribution is -2.05. The number of pyridine rings is 1. The zero-order valence-corrected chi connectivity index (χ0v) is 10.2. The minimum absolute atomic E-state index is 0.495. The minimum atomic E-state index is 0.495. The van der Waals surface area contributed by atoms with Gasteiger partial charge in [0.2, 0.25) is 0 Å². The van der Waals surface area contributed by atoms with Crippen LogP contribution in [0.25, 0.3) is 0 Å². The molecule has 0 bridgehead atoms. The normalized spacial score (nSPS) is 18.1. The van der Waals surface area contributed by atoms with Crippen LogP contribution >= 0.6 is 36.0 Å². The van der Waals surface area contributed by atoms with Crippen LogP contribution in [-0.4, -0.2) is 16.5 Å². The van der Waals surface area contributed by atoms with Crippen molar-refractivity contribution in [3.05, 3.63) is 23.4 Å². The van der Waals surface area contributed by atoms with Crippen LogP contribution in [-0.2, 0) is 0 Å². The number of rotatable bonds is 4. The van der Waals surface area contributed by atoms with E-state index < -0.39 is 0 Å². The Kier molecular flexibility index (Phi) is 3.30. The van der Waals surface area contributed by atoms with E-state index in [0.29, 0.717) is 10.4 Å². The Morgan fingerprint density at radius 2 is 2.29 bits per heavy atom. The summed E-state index contributed by atoms with van der Waals surface area (Å²) in [6.07, 6.45) is 4.33. The summed E-state index contributed by atoms with van der Waals surface area (Å²) in [6, 6.07) is 3.86. The first-order valence-corrected chi connectivity index (χ1v) is 6.59. The average molecular weight is 246 g/mol. The van der Waals surface area contributed by atoms with Gasteiger partial charge < -0.3 is 0 Å². The molecule has 0 atom stereocenters. The third-order valence-corrected chi connectivity index (χ3v) is 4.71. The third kappa shape index (κ3) is 2.59. The first kappa shape index (κ1) is 10.7. The van der Waals surface area contributed by atoms with Gasteiger partial charge in [-0.2, -0.15) is 12.6 Å². The fourth-order valence-corrected chi connectivity index (χ4v) is 3.03. The zero-order valence-electron chi connectivity index (χ0n) is 7.74. The van der Waals surface area contributed by atoms with E-state index in [1.165, 1.54) is 12.8 Å². The topological polar surface area (TPSA) is 12.9 Å². The van der Waals surface area contributed by atoms with Crippen molar-refractivity contribution in [2.75, 3.05) is 11.5 Å². The molecule has 0 aliphatic heterocycles. The molecule has 0 aromatic carbocycles. The van der Waals surface area contributed by atoms with E-state index in [1.54, 1.807) is 18.0 Å². The average Bonchev–Trinajstić information content (AvgIpc) is 2.98. The highest BCUT2D eigenvalue weighted by atomic mass is 35.5. The molecule has 0 unspecified atom stereocenters. The van der Waals surface area contributed by atoms with Gasteiger partial charge in [-0.25, -0.2) is 4.98 Å². The maximum Gasteiger partial charge on any atom is 0.0961 e. The van der Waals surface area contributed by atoms with Gasteiger partial charge in [0.15, 0.2) is 0 Å². The second-order valence-corrected chi connectivity index (χ2v) is 5.51. The van der Waals surface area contributed by atoms with E-state index >= 15 is 0 Å². The molecule has 0 saturated heterocycles. The van der Waals surface area contributed by atoms with Crippen LogP contribution in [0.3, 0.4) is 0 Å². The van der Waals surface area contributed by atoms with E-state index in [0.717, 1.165) is 16.5 Å². The Morgan fingerprint density at radius 1 is 1.50 bits per heavy atom. The highest BCUT2D eigenvalue weighted by Crippen LogP contribution is 2.49. The molecule has 14 heavy (non-hydrogen) atoms. The number of aromatic nitrogens is 1. The number of thioether (sulfide) groups is 1. The first-order valence-electron chi connectivity index (χ1n) is 4.59. The monoisotopic (exact) mass is 245 g/mol. The highest BCUT2D eigenvalue weighted by Gasteiger charge is 2.40. The molecule has 1 aliphatic rings. The van der Waals surface area contributed by atoms with Crippen molar-refractivity contribution in [3.8, 4) is 0 Å². The lowest BCUT2D eigenvalue weighted by atomic mass is 10.2. The lowest BCUT2D eigenvalue weighted by Gasteiger charge is -2.09. The summed E-state index contributed by atoms with van der Waals surface area (Å²) in [4.78, 5) is 4.25. The van der Waals surface area contributed by atoms with Crippen LogP contribution in [0, 0.1) is 5.41 Å². The van der Waals surface area contributed by atoms with Crippen molar-refractivity contribution >= 4 is 36.0 Å². The quantitative estimate of drug-likeness (QED) is 0.644. The van der Waals surface area contributed by atoms with Gasteiger partial charge in [0.05, 0.1) is 10.0 Å². The molecule has 76 valence electrons. The number of thiol groups is 1. The number of hydrogen-bond donors (Lipinski definition) is 1. The Morgan fingerprint density at radius 3 is 2.79 bits per heavy atom. The summed E-state index contributed by atoms with van der Waals surface area (Å²) >= 11 is 11.9. The van der Waals surface area contributed by atoms with Crippen LogP contribution < -0.4 is 0 Å². The summed E-state index contributed by atoms with van der Waals surface area (Å²) in [6.45, 7) is 0. The van der Waals surface area contributed by atoms with E-state index in [4.69, 9.17) is 11.6 Å². The van der Waals surface area contributed by atoms with Crippen LogP contribution in [0.5, 0.6) is 0 Å². The fraction of sp³-hybridized carbons (Fsp3) is 0.500. The Labute approximate surface area is 99.1 Å². The van der Waals surface area contributed by atoms with Gasteiger partial charge in [0.25, 0.3) is 0 Å². The van der Waals surface area contributed by atoms with E-state index in [1.807, 2.05) is 12.1 Å². The number of nitrogens with zero attached hydrogens (tertiary/aromatic N) is 1. The van der Waals surface area contributed by atoms with Gasteiger partial charge >= 0.3 is 0 Å². The fourth-order valence-electron chi connectivity index (χ4n) is 1.20. The Balaban J connectivity index is 1.89. The van der Waals surface area contributed by atoms with E-state index in [9.17, 15) is 0 Å². The lowest BCUT2D eigenvalue weighted by molar-refractivity contribution is 0.682. The second kappa shape index (κ2) is 4.33. The standard InChI is InChI=1S/C10H12ClNS2/c11-8-1-2-9(12-5-8)14-7-10(6-13)3-4-10/h1-2,5,13H,3-4,6-7H2. The van der Waals surface area contributed by atoms with Gasteiger partial charge in [-0.1, -0.05) is 11.6 Å². The van der Waals surface area contributed by atoms with Crippen LogP contribution in [0.1, 0.15) is 12.8 Å². The molecule has 0 amide bonds. The molecule has 1 nitrogen and oxygen atoms in total. The maximum absolute atomic E-state index is 5.76. The van der Waals surface area contributed by atoms with Crippen molar-refractivity contribution in [1.29, 1.82) is 0 Å². The molecular weight excluding hydrogens is 234 g/mol. The van der Waals surface area contributed by atoms with Gasteiger partial charge in [-0.3, -0.25) is 0 Å². The molecule has 0 N–H and O–H groups in total. The molecule has 1 aromatic rings. The van der Waals surface area contributed by atoms with E-state index in [-0.39, 0.29) is 0 Å². The summed E-state index contributed by atoms with van der Waals surface area (Å²) in [5.74, 6) is 2.12. The Bertz CT molecular complexity index is 308. The maximum atomic E-state index is 5.76. The first-order chi connectivity index (χ1) is 6.74. The van der Waals surface area contributed by atoms with Crippen molar-refractivity contribution in [1.82, 2.24) is 4.98 Å². The van der Waals surface area contributed by atoms with Crippen molar-refractivity contribution < 1.29 is 0 Å². The molecule has 1 fully saturated rings. The number of hydrogen-bond acceptors (Lipinski definition) is 3. The summed E-state index contributed by atoms with van der Waals surface area (Å²) < 4.78 is 0. The summed E-state index contributed by atoms with van der Waals surface area (Å²) in [5.41, 5.74) is 0.495. The second-order valence-electron chi connectivity index (χ2n) is 3.76. The zero-order chi connectivity index (χ0) is 10.0. The van der Waals surface area contributed by atoms with Gasteiger partial charge in [-0.15, -0.1) is 11.8 Å². The predicted molar refractivity (Wildman–Crippen MR) is 65.5 cm³/mol. The molecule has 1 aliphatic carbocycles. The predicted octanol–water partition coefficient (Wildman–Crippen LogP) is 3.54. The van der Waals surface area contributed by atoms with Crippen LogP contribution in [0.2, 0.25) is 5.02 Å². The molecule has 4 heteroatoms. The minimum Gasteiger partial charge on any atom is -0.248 e.